The van der Waals surface area contributed by atoms with Gasteiger partial charge in [0.25, 0.3) is 0 Å². The van der Waals surface area contributed by atoms with Crippen LogP contribution in [0.25, 0.3) is 0 Å². The number of aryl methyl sites for hydroxylation is 1. The number of aliphatic imine (C=N–C) groups is 1. The van der Waals surface area contributed by atoms with Gasteiger partial charge in [-0.15, -0.1) is 0 Å². The van der Waals surface area contributed by atoms with Crippen molar-refractivity contribution < 1.29 is 14.7 Å². The lowest BCUT2D eigenvalue weighted by atomic mass is 10.1. The van der Waals surface area contributed by atoms with E-state index in [9.17, 15) is 14.9 Å². The highest BCUT2D eigenvalue weighted by Gasteiger charge is 2.21. The van der Waals surface area contributed by atoms with Crippen LogP contribution in [0.15, 0.2) is 77.8 Å². The molecule has 0 atom stereocenters. The summed E-state index contributed by atoms with van der Waals surface area (Å²) in [5.41, 5.74) is 3.47. The molecule has 0 spiro atoms. The Morgan fingerprint density at radius 2 is 1.72 bits per heavy atom. The van der Waals surface area contributed by atoms with Crippen molar-refractivity contribution in [2.75, 3.05) is 36.4 Å². The lowest BCUT2D eigenvalue weighted by molar-refractivity contribution is -0.116. The Hall–Kier alpha value is -4.55. The van der Waals surface area contributed by atoms with E-state index >= 15 is 0 Å². The number of rotatable bonds is 8. The Labute approximate surface area is 232 Å². The minimum absolute atomic E-state index is 0.00167. The number of carboxylic acid groups (broad SMARTS) is 1. The first-order valence-corrected chi connectivity index (χ1v) is 13.0. The van der Waals surface area contributed by atoms with Crippen LogP contribution in [-0.2, 0) is 11.2 Å². The van der Waals surface area contributed by atoms with E-state index in [0.717, 1.165) is 24.2 Å². The number of carbonyl (C=O) groups excluding carboxylic acids is 1. The van der Waals surface area contributed by atoms with E-state index in [0.29, 0.717) is 44.2 Å². The highest BCUT2D eigenvalue weighted by molar-refractivity contribution is 6.33. The van der Waals surface area contributed by atoms with Crippen molar-refractivity contribution in [3.05, 3.63) is 88.9 Å². The smallest absolute Gasteiger partial charge is 0.335 e. The highest BCUT2D eigenvalue weighted by atomic mass is 35.5. The summed E-state index contributed by atoms with van der Waals surface area (Å²) in [6.45, 7) is 2.61. The number of carboxylic acids is 1. The Balaban J connectivity index is 1.29. The summed E-state index contributed by atoms with van der Waals surface area (Å²) < 4.78 is 0. The molecular weight excluding hydrogens is 516 g/mol. The lowest BCUT2D eigenvalue weighted by Crippen LogP contribution is -2.51. The number of carbonyl (C=O) groups is 2. The van der Waals surface area contributed by atoms with E-state index in [2.05, 4.69) is 32.7 Å². The maximum absolute atomic E-state index is 12.3. The molecule has 0 aliphatic carbocycles. The average molecular weight is 545 g/mol. The number of piperazine rings is 1. The van der Waals surface area contributed by atoms with Gasteiger partial charge in [0.1, 0.15) is 0 Å². The summed E-state index contributed by atoms with van der Waals surface area (Å²) in [7, 11) is 0. The first-order chi connectivity index (χ1) is 18.9. The standard InChI is InChI=1S/C29H29ClN6O3/c30-25-19-22(28(38)39)9-14-26(25)34-29(32-20-31)36-17-15-35(16-18-36)24-12-10-23(11-13-24)33-27(37)8-4-7-21-5-2-1-3-6-21/h1-3,5-6,9-14,19H,4,7-8,15-18H2,(H,32,34)(H,33,37)(H,38,39). The molecule has 3 aromatic carbocycles. The number of nitriles is 1. The number of nitrogens with zero attached hydrogens (tertiary/aromatic N) is 4. The topological polar surface area (TPSA) is 121 Å². The van der Waals surface area contributed by atoms with Crippen molar-refractivity contribution in [1.82, 2.24) is 10.2 Å². The maximum Gasteiger partial charge on any atom is 0.335 e. The molecule has 0 saturated carbocycles. The fourth-order valence-corrected chi connectivity index (χ4v) is 4.55. The molecule has 1 amide bonds. The van der Waals surface area contributed by atoms with Gasteiger partial charge in [-0.2, -0.15) is 5.26 Å². The van der Waals surface area contributed by atoms with Gasteiger partial charge < -0.3 is 20.2 Å². The molecule has 10 heteroatoms. The first kappa shape index (κ1) is 27.5. The minimum atomic E-state index is -1.08. The number of hydrogen-bond acceptors (Lipinski definition) is 5. The van der Waals surface area contributed by atoms with Gasteiger partial charge in [-0.3, -0.25) is 10.1 Å². The van der Waals surface area contributed by atoms with Crippen LogP contribution in [0.2, 0.25) is 5.02 Å². The summed E-state index contributed by atoms with van der Waals surface area (Å²) in [4.78, 5) is 32.1. The SMILES string of the molecule is N#CNC(=Nc1ccc(C(=O)O)cc1Cl)N1CCN(c2ccc(NC(=O)CCCc3ccccc3)cc2)CC1. The van der Waals surface area contributed by atoms with Crippen LogP contribution in [-0.4, -0.2) is 54.0 Å². The lowest BCUT2D eigenvalue weighted by Gasteiger charge is -2.37. The maximum atomic E-state index is 12.3. The molecule has 1 saturated heterocycles. The third-order valence-corrected chi connectivity index (χ3v) is 6.70. The number of amides is 1. The van der Waals surface area contributed by atoms with E-state index < -0.39 is 5.97 Å². The number of anilines is 2. The summed E-state index contributed by atoms with van der Waals surface area (Å²) in [6.07, 6.45) is 4.05. The summed E-state index contributed by atoms with van der Waals surface area (Å²) in [5, 5.41) is 24.1. The third kappa shape index (κ3) is 7.72. The Bertz CT molecular complexity index is 1360. The van der Waals surface area contributed by atoms with Gasteiger partial charge in [0.2, 0.25) is 11.9 Å². The average Bonchev–Trinajstić information content (AvgIpc) is 2.95. The van der Waals surface area contributed by atoms with Crippen molar-refractivity contribution in [2.45, 2.75) is 19.3 Å². The van der Waals surface area contributed by atoms with Gasteiger partial charge in [0.15, 0.2) is 6.19 Å². The molecule has 1 aliphatic rings. The minimum Gasteiger partial charge on any atom is -0.478 e. The molecule has 4 rings (SSSR count). The Kier molecular flexibility index (Phi) is 9.38. The van der Waals surface area contributed by atoms with Crippen LogP contribution in [0, 0.1) is 11.5 Å². The zero-order valence-electron chi connectivity index (χ0n) is 21.3. The van der Waals surface area contributed by atoms with Gasteiger partial charge in [-0.1, -0.05) is 41.9 Å². The molecule has 0 radical (unpaired) electrons. The van der Waals surface area contributed by atoms with Crippen LogP contribution in [0.1, 0.15) is 28.8 Å². The monoisotopic (exact) mass is 544 g/mol. The molecule has 9 nitrogen and oxygen atoms in total. The van der Waals surface area contributed by atoms with Crippen molar-refractivity contribution in [3.8, 4) is 6.19 Å². The molecule has 200 valence electrons. The van der Waals surface area contributed by atoms with Crippen molar-refractivity contribution in [3.63, 3.8) is 0 Å². The second-order valence-corrected chi connectivity index (χ2v) is 9.46. The van der Waals surface area contributed by atoms with Crippen LogP contribution in [0.5, 0.6) is 0 Å². The molecule has 1 fully saturated rings. The summed E-state index contributed by atoms with van der Waals surface area (Å²) in [5.74, 6) is -0.720. The number of aromatic carboxylic acids is 1. The van der Waals surface area contributed by atoms with Gasteiger partial charge in [0.05, 0.1) is 16.3 Å². The zero-order valence-corrected chi connectivity index (χ0v) is 22.1. The first-order valence-electron chi connectivity index (χ1n) is 12.6. The van der Waals surface area contributed by atoms with E-state index in [4.69, 9.17) is 16.7 Å². The van der Waals surface area contributed by atoms with E-state index in [1.807, 2.05) is 53.6 Å². The molecule has 1 aliphatic heterocycles. The summed E-state index contributed by atoms with van der Waals surface area (Å²) in [6, 6.07) is 22.2. The molecule has 1 heterocycles. The van der Waals surface area contributed by atoms with Crippen LogP contribution in [0.3, 0.4) is 0 Å². The molecule has 3 N–H and O–H groups in total. The summed E-state index contributed by atoms with van der Waals surface area (Å²) >= 11 is 6.22. The Morgan fingerprint density at radius 3 is 2.36 bits per heavy atom. The number of hydrogen-bond donors (Lipinski definition) is 3. The molecule has 0 unspecified atom stereocenters. The van der Waals surface area contributed by atoms with Gasteiger partial charge in [-0.25, -0.2) is 9.79 Å². The van der Waals surface area contributed by atoms with Gasteiger partial charge in [-0.05, 0) is 60.9 Å². The normalized spacial score (nSPS) is 13.5. The van der Waals surface area contributed by atoms with E-state index in [1.54, 1.807) is 0 Å². The molecular formula is C29H29ClN6O3. The quantitative estimate of drug-likeness (QED) is 0.160. The fraction of sp³-hybridized carbons (Fsp3) is 0.241. The predicted octanol–water partition coefficient (Wildman–Crippen LogP) is 4.88. The van der Waals surface area contributed by atoms with E-state index in [1.165, 1.54) is 23.8 Å². The van der Waals surface area contributed by atoms with Crippen LogP contribution in [0.4, 0.5) is 17.1 Å². The molecule has 0 aromatic heterocycles. The van der Waals surface area contributed by atoms with Crippen LogP contribution < -0.4 is 15.5 Å². The number of halogens is 1. The molecule has 39 heavy (non-hydrogen) atoms. The Morgan fingerprint density at radius 1 is 1.00 bits per heavy atom. The van der Waals surface area contributed by atoms with Crippen molar-refractivity contribution >= 4 is 46.5 Å². The number of benzene rings is 3. The van der Waals surface area contributed by atoms with E-state index in [-0.39, 0.29) is 16.5 Å². The van der Waals surface area contributed by atoms with Crippen LogP contribution >= 0.6 is 11.6 Å². The third-order valence-electron chi connectivity index (χ3n) is 6.40. The fourth-order valence-electron chi connectivity index (χ4n) is 4.33. The van der Waals surface area contributed by atoms with Crippen molar-refractivity contribution in [2.24, 2.45) is 4.99 Å². The molecule has 0 bridgehead atoms. The second-order valence-electron chi connectivity index (χ2n) is 9.05. The predicted molar refractivity (Wildman–Crippen MR) is 152 cm³/mol. The zero-order chi connectivity index (χ0) is 27.6. The number of nitrogens with one attached hydrogen (secondary N) is 2. The largest absolute Gasteiger partial charge is 0.478 e. The van der Waals surface area contributed by atoms with Crippen molar-refractivity contribution in [1.29, 1.82) is 5.26 Å². The van der Waals surface area contributed by atoms with Gasteiger partial charge in [0, 0.05) is 44.0 Å². The molecule has 3 aromatic rings. The number of guanidine groups is 1. The second kappa shape index (κ2) is 13.3. The highest BCUT2D eigenvalue weighted by Crippen LogP contribution is 2.27. The van der Waals surface area contributed by atoms with Gasteiger partial charge >= 0.3 is 5.97 Å².